The van der Waals surface area contributed by atoms with Crippen LogP contribution in [0.15, 0.2) is 29.3 Å². The second-order valence-corrected chi connectivity index (χ2v) is 2.70. The number of hydrogen-bond donors (Lipinski definition) is 1. The van der Waals surface area contributed by atoms with E-state index in [-0.39, 0.29) is 0 Å². The Morgan fingerprint density at radius 3 is 2.50 bits per heavy atom. The molecule has 2 nitrogen and oxygen atoms in total. The van der Waals surface area contributed by atoms with Gasteiger partial charge in [-0.3, -0.25) is 4.99 Å². The topological polar surface area (TPSA) is 24.4 Å². The molecule has 0 aromatic rings. The molecule has 0 atom stereocenters. The molecule has 1 aliphatic carbocycles. The van der Waals surface area contributed by atoms with E-state index in [1.54, 1.807) is 0 Å². The predicted octanol–water partition coefficient (Wildman–Crippen LogP) is 1.55. The Morgan fingerprint density at radius 1 is 1.33 bits per heavy atom. The van der Waals surface area contributed by atoms with Gasteiger partial charge in [-0.25, -0.2) is 0 Å². The van der Waals surface area contributed by atoms with Crippen molar-refractivity contribution in [3.63, 3.8) is 0 Å². The third-order valence-electron chi connectivity index (χ3n) is 1.73. The molecule has 1 N–H and O–H groups in total. The molecule has 2 heteroatoms. The van der Waals surface area contributed by atoms with E-state index in [2.05, 4.69) is 41.5 Å². The van der Waals surface area contributed by atoms with Crippen molar-refractivity contribution in [3.8, 4) is 0 Å². The van der Waals surface area contributed by atoms with Crippen LogP contribution in [-0.2, 0) is 0 Å². The van der Waals surface area contributed by atoms with E-state index in [9.17, 15) is 0 Å². The first-order chi connectivity index (χ1) is 5.86. The molecule has 0 saturated heterocycles. The van der Waals surface area contributed by atoms with Gasteiger partial charge in [-0.05, 0) is 25.6 Å². The molecule has 0 unspecified atom stereocenters. The van der Waals surface area contributed by atoms with E-state index >= 15 is 0 Å². The number of hydrogen-bond acceptors (Lipinski definition) is 2. The van der Waals surface area contributed by atoms with E-state index in [0.29, 0.717) is 6.04 Å². The number of nitrogens with zero attached hydrogens (tertiary/aromatic N) is 1. The highest BCUT2D eigenvalue weighted by Crippen LogP contribution is 1.99. The molecule has 0 amide bonds. The smallest absolute Gasteiger partial charge is 0.0569 e. The first-order valence-corrected chi connectivity index (χ1v) is 4.51. The van der Waals surface area contributed by atoms with Crippen molar-refractivity contribution < 1.29 is 0 Å². The maximum atomic E-state index is 4.29. The lowest BCUT2D eigenvalue weighted by molar-refractivity contribution is 0.706. The zero-order valence-electron chi connectivity index (χ0n) is 7.75. The first-order valence-electron chi connectivity index (χ1n) is 4.51. The van der Waals surface area contributed by atoms with Gasteiger partial charge < -0.3 is 5.32 Å². The minimum absolute atomic E-state index is 0.394. The van der Waals surface area contributed by atoms with E-state index in [0.717, 1.165) is 18.8 Å². The van der Waals surface area contributed by atoms with Crippen LogP contribution in [-0.4, -0.2) is 24.8 Å². The highest BCUT2D eigenvalue weighted by Gasteiger charge is 2.01. The van der Waals surface area contributed by atoms with Crippen LogP contribution >= 0.6 is 0 Å². The van der Waals surface area contributed by atoms with Gasteiger partial charge in [0.15, 0.2) is 0 Å². The zero-order chi connectivity index (χ0) is 8.81. The van der Waals surface area contributed by atoms with Gasteiger partial charge >= 0.3 is 0 Å². The summed E-state index contributed by atoms with van der Waals surface area (Å²) >= 11 is 0. The molecule has 0 radical (unpaired) electrons. The number of nitrogens with one attached hydrogen (secondary N) is 1. The summed E-state index contributed by atoms with van der Waals surface area (Å²) in [6.07, 6.45) is 8.41. The third kappa shape index (κ3) is 2.62. The van der Waals surface area contributed by atoms with Gasteiger partial charge in [-0.1, -0.05) is 19.1 Å². The average Bonchev–Trinajstić information content (AvgIpc) is 2.09. The molecular weight excluding hydrogens is 148 g/mol. The van der Waals surface area contributed by atoms with Crippen LogP contribution in [0.1, 0.15) is 13.8 Å². The Labute approximate surface area is 74.1 Å². The Morgan fingerprint density at radius 2 is 2.00 bits per heavy atom. The molecule has 0 saturated carbocycles. The molecule has 1 aliphatic rings. The van der Waals surface area contributed by atoms with Crippen LogP contribution in [0.5, 0.6) is 0 Å². The summed E-state index contributed by atoms with van der Waals surface area (Å²) in [4.78, 5) is 4.29. The molecular formula is C10H16N2. The molecule has 0 fully saturated rings. The fraction of sp³-hybridized carbons (Fsp3) is 0.500. The fourth-order valence-corrected chi connectivity index (χ4v) is 1.18. The highest BCUT2D eigenvalue weighted by atomic mass is 14.9. The Balaban J connectivity index is 2.48. The van der Waals surface area contributed by atoms with Crippen molar-refractivity contribution in [2.45, 2.75) is 19.9 Å². The van der Waals surface area contributed by atoms with Crippen LogP contribution in [0, 0.1) is 0 Å². The van der Waals surface area contributed by atoms with Crippen LogP contribution in [0.3, 0.4) is 0 Å². The molecule has 0 aliphatic heterocycles. The summed E-state index contributed by atoms with van der Waals surface area (Å²) in [5.41, 5.74) is 1.08. The van der Waals surface area contributed by atoms with E-state index in [1.807, 2.05) is 6.92 Å². The van der Waals surface area contributed by atoms with Gasteiger partial charge in [0, 0.05) is 12.6 Å². The van der Waals surface area contributed by atoms with Crippen molar-refractivity contribution in [2.24, 2.45) is 4.99 Å². The quantitative estimate of drug-likeness (QED) is 0.672. The Bertz CT molecular complexity index is 198. The number of likely N-dealkylation sites (N-methyl/N-ethyl adjacent to an activating group) is 1. The van der Waals surface area contributed by atoms with Gasteiger partial charge in [0.2, 0.25) is 0 Å². The number of rotatable bonds is 3. The minimum Gasteiger partial charge on any atom is -0.307 e. The SMILES string of the molecule is CCN=C1C=CC(NCC)C=C1. The number of aliphatic imine (C=N–C) groups is 1. The predicted molar refractivity (Wildman–Crippen MR) is 53.7 cm³/mol. The number of allylic oxidation sites excluding steroid dienone is 2. The molecule has 1 rings (SSSR count). The molecule has 12 heavy (non-hydrogen) atoms. The minimum atomic E-state index is 0.394. The largest absolute Gasteiger partial charge is 0.307 e. The first kappa shape index (κ1) is 9.20. The van der Waals surface area contributed by atoms with Gasteiger partial charge in [-0.15, -0.1) is 0 Å². The van der Waals surface area contributed by atoms with Crippen molar-refractivity contribution in [1.29, 1.82) is 0 Å². The summed E-state index contributed by atoms with van der Waals surface area (Å²) in [6.45, 7) is 6.01. The fourth-order valence-electron chi connectivity index (χ4n) is 1.18. The highest BCUT2D eigenvalue weighted by molar-refractivity contribution is 6.05. The summed E-state index contributed by atoms with van der Waals surface area (Å²) in [7, 11) is 0. The van der Waals surface area contributed by atoms with Crippen LogP contribution in [0.2, 0.25) is 0 Å². The summed E-state index contributed by atoms with van der Waals surface area (Å²) in [5.74, 6) is 0. The van der Waals surface area contributed by atoms with E-state index < -0.39 is 0 Å². The lowest BCUT2D eigenvalue weighted by Crippen LogP contribution is -2.26. The lowest BCUT2D eigenvalue weighted by atomic mass is 10.1. The van der Waals surface area contributed by atoms with Gasteiger partial charge in [0.1, 0.15) is 0 Å². The molecule has 0 bridgehead atoms. The van der Waals surface area contributed by atoms with Crippen LogP contribution < -0.4 is 5.32 Å². The Hall–Kier alpha value is -0.890. The maximum absolute atomic E-state index is 4.29. The van der Waals surface area contributed by atoms with E-state index in [4.69, 9.17) is 0 Å². The van der Waals surface area contributed by atoms with Crippen LogP contribution in [0.4, 0.5) is 0 Å². The molecule has 66 valence electrons. The zero-order valence-corrected chi connectivity index (χ0v) is 7.75. The average molecular weight is 164 g/mol. The standard InChI is InChI=1S/C10H16N2/c1-3-11-9-5-7-10(8-6-9)12-4-2/h5-9,11H,3-4H2,1-2H3. The molecule has 0 aromatic carbocycles. The monoisotopic (exact) mass is 164 g/mol. The lowest BCUT2D eigenvalue weighted by Gasteiger charge is -2.11. The second-order valence-electron chi connectivity index (χ2n) is 2.70. The van der Waals surface area contributed by atoms with Gasteiger partial charge in [0.05, 0.1) is 5.71 Å². The van der Waals surface area contributed by atoms with Crippen molar-refractivity contribution >= 4 is 5.71 Å². The van der Waals surface area contributed by atoms with Gasteiger partial charge in [0.25, 0.3) is 0 Å². The second kappa shape index (κ2) is 4.88. The van der Waals surface area contributed by atoms with Crippen molar-refractivity contribution in [3.05, 3.63) is 24.3 Å². The normalized spacial score (nSPS) is 21.5. The molecule has 0 spiro atoms. The molecule has 0 aromatic heterocycles. The van der Waals surface area contributed by atoms with Crippen LogP contribution in [0.25, 0.3) is 0 Å². The van der Waals surface area contributed by atoms with Crippen molar-refractivity contribution in [1.82, 2.24) is 5.32 Å². The molecule has 0 heterocycles. The summed E-state index contributed by atoms with van der Waals surface area (Å²) in [5, 5.41) is 3.32. The maximum Gasteiger partial charge on any atom is 0.0569 e. The third-order valence-corrected chi connectivity index (χ3v) is 1.73. The van der Waals surface area contributed by atoms with Gasteiger partial charge in [-0.2, -0.15) is 0 Å². The van der Waals surface area contributed by atoms with E-state index in [1.165, 1.54) is 0 Å². The van der Waals surface area contributed by atoms with Crippen molar-refractivity contribution in [2.75, 3.05) is 13.1 Å². The Kier molecular flexibility index (Phi) is 3.74. The summed E-state index contributed by atoms with van der Waals surface area (Å²) in [6, 6.07) is 0.394. The summed E-state index contributed by atoms with van der Waals surface area (Å²) < 4.78 is 0.